The number of nitrogens with one attached hydrogen (secondary N) is 2. The van der Waals surface area contributed by atoms with E-state index < -0.39 is 0 Å². The van der Waals surface area contributed by atoms with Crippen molar-refractivity contribution in [2.24, 2.45) is 0 Å². The number of hydrogen-bond donors (Lipinski definition) is 2. The van der Waals surface area contributed by atoms with E-state index in [9.17, 15) is 4.79 Å². The van der Waals surface area contributed by atoms with E-state index in [2.05, 4.69) is 10.6 Å². The van der Waals surface area contributed by atoms with Crippen LogP contribution in [0.4, 0.5) is 10.5 Å². The lowest BCUT2D eigenvalue weighted by Gasteiger charge is -2.14. The van der Waals surface area contributed by atoms with Crippen LogP contribution < -0.4 is 24.8 Å². The van der Waals surface area contributed by atoms with Crippen LogP contribution in [0, 0.1) is 0 Å². The lowest BCUT2D eigenvalue weighted by atomic mass is 10.2. The number of ether oxygens (including phenoxy) is 3. The summed E-state index contributed by atoms with van der Waals surface area (Å²) in [5.74, 6) is 1.62. The second-order valence-electron chi connectivity index (χ2n) is 4.85. The Balaban J connectivity index is 2.04. The number of halogens is 1. The molecule has 0 unspecified atom stereocenters. The Bertz CT molecular complexity index is 722. The monoisotopic (exact) mass is 350 g/mol. The molecule has 0 fully saturated rings. The Kier molecular flexibility index (Phi) is 6.14. The number of rotatable bonds is 6. The molecule has 0 heterocycles. The number of carbonyl (C=O) groups is 1. The van der Waals surface area contributed by atoms with Crippen LogP contribution in [0.2, 0.25) is 5.02 Å². The van der Waals surface area contributed by atoms with Crippen molar-refractivity contribution in [2.75, 3.05) is 26.6 Å². The molecule has 0 aliphatic rings. The van der Waals surface area contributed by atoms with Crippen LogP contribution in [0.25, 0.3) is 0 Å². The summed E-state index contributed by atoms with van der Waals surface area (Å²) in [5.41, 5.74) is 1.38. The molecule has 128 valence electrons. The number of anilines is 1. The average molecular weight is 351 g/mol. The summed E-state index contributed by atoms with van der Waals surface area (Å²) >= 11 is 6.04. The number of methoxy groups -OCH3 is 3. The van der Waals surface area contributed by atoms with Crippen LogP contribution in [0.3, 0.4) is 0 Å². The predicted molar refractivity (Wildman–Crippen MR) is 93.4 cm³/mol. The van der Waals surface area contributed by atoms with Crippen molar-refractivity contribution in [2.45, 2.75) is 6.54 Å². The molecule has 0 saturated carbocycles. The van der Waals surface area contributed by atoms with Gasteiger partial charge < -0.3 is 24.8 Å². The van der Waals surface area contributed by atoms with Gasteiger partial charge in [0.25, 0.3) is 0 Å². The molecule has 0 spiro atoms. The van der Waals surface area contributed by atoms with Gasteiger partial charge in [-0.1, -0.05) is 23.7 Å². The first-order valence-corrected chi connectivity index (χ1v) is 7.54. The molecule has 2 aromatic rings. The molecule has 2 rings (SSSR count). The maximum atomic E-state index is 12.1. The minimum absolute atomic E-state index is 0.357. The molecule has 2 aromatic carbocycles. The minimum atomic E-state index is -0.375. The van der Waals surface area contributed by atoms with Crippen molar-refractivity contribution in [3.05, 3.63) is 47.0 Å². The normalized spacial score (nSPS) is 10.0. The molecule has 0 aromatic heterocycles. The molecular weight excluding hydrogens is 332 g/mol. The number of urea groups is 1. The summed E-state index contributed by atoms with van der Waals surface area (Å²) in [4.78, 5) is 12.1. The van der Waals surface area contributed by atoms with E-state index in [0.717, 1.165) is 11.3 Å². The Hall–Kier alpha value is -2.60. The molecule has 2 amide bonds. The van der Waals surface area contributed by atoms with Crippen molar-refractivity contribution in [3.63, 3.8) is 0 Å². The van der Waals surface area contributed by atoms with E-state index in [-0.39, 0.29) is 6.03 Å². The van der Waals surface area contributed by atoms with Crippen molar-refractivity contribution < 1.29 is 19.0 Å². The minimum Gasteiger partial charge on any atom is -0.497 e. The molecule has 0 saturated heterocycles. The van der Waals surface area contributed by atoms with Crippen LogP contribution >= 0.6 is 11.6 Å². The fourth-order valence-electron chi connectivity index (χ4n) is 2.09. The van der Waals surface area contributed by atoms with Gasteiger partial charge in [-0.2, -0.15) is 0 Å². The predicted octanol–water partition coefficient (Wildman–Crippen LogP) is 3.69. The topological polar surface area (TPSA) is 68.8 Å². The van der Waals surface area contributed by atoms with Crippen molar-refractivity contribution in [3.8, 4) is 17.2 Å². The first-order chi connectivity index (χ1) is 11.6. The summed E-state index contributed by atoms with van der Waals surface area (Å²) in [6, 6.07) is 10.3. The second kappa shape index (κ2) is 8.31. The Morgan fingerprint density at radius 2 is 1.79 bits per heavy atom. The van der Waals surface area contributed by atoms with Gasteiger partial charge in [-0.05, 0) is 17.7 Å². The van der Waals surface area contributed by atoms with Crippen LogP contribution in [0.15, 0.2) is 36.4 Å². The van der Waals surface area contributed by atoms with Gasteiger partial charge in [-0.3, -0.25) is 0 Å². The van der Waals surface area contributed by atoms with Crippen LogP contribution in [0.5, 0.6) is 17.2 Å². The maximum Gasteiger partial charge on any atom is 0.319 e. The van der Waals surface area contributed by atoms with Gasteiger partial charge in [0.2, 0.25) is 0 Å². The van der Waals surface area contributed by atoms with Crippen LogP contribution in [-0.4, -0.2) is 27.4 Å². The largest absolute Gasteiger partial charge is 0.497 e. The molecule has 6 nitrogen and oxygen atoms in total. The molecule has 0 aliphatic carbocycles. The Labute approximate surface area is 145 Å². The highest BCUT2D eigenvalue weighted by atomic mass is 35.5. The Morgan fingerprint density at radius 3 is 2.46 bits per heavy atom. The second-order valence-corrected chi connectivity index (χ2v) is 5.25. The first-order valence-electron chi connectivity index (χ1n) is 7.16. The molecule has 24 heavy (non-hydrogen) atoms. The zero-order valence-corrected chi connectivity index (χ0v) is 14.4. The maximum absolute atomic E-state index is 12.1. The molecule has 0 radical (unpaired) electrons. The van der Waals surface area contributed by atoms with Gasteiger partial charge in [-0.25, -0.2) is 4.79 Å². The third kappa shape index (κ3) is 4.45. The zero-order valence-electron chi connectivity index (χ0n) is 13.7. The fraction of sp³-hybridized carbons (Fsp3) is 0.235. The zero-order chi connectivity index (χ0) is 17.5. The van der Waals surface area contributed by atoms with E-state index in [0.29, 0.717) is 28.8 Å². The third-order valence-electron chi connectivity index (χ3n) is 3.31. The smallest absolute Gasteiger partial charge is 0.319 e. The van der Waals surface area contributed by atoms with Gasteiger partial charge in [-0.15, -0.1) is 0 Å². The van der Waals surface area contributed by atoms with Crippen molar-refractivity contribution >= 4 is 23.3 Å². The summed E-state index contributed by atoms with van der Waals surface area (Å²) in [5, 5.41) is 5.88. The standard InChI is InChI=1S/C17H19ClN2O4/c1-22-12-6-4-5-11(7-12)10-19-17(21)20-14-9-15(23-2)13(18)8-16(14)24-3/h4-9H,10H2,1-3H3,(H2,19,20,21). The van der Waals surface area contributed by atoms with E-state index in [1.807, 2.05) is 24.3 Å². The van der Waals surface area contributed by atoms with Crippen LogP contribution in [0.1, 0.15) is 5.56 Å². The van der Waals surface area contributed by atoms with Gasteiger partial charge in [0.1, 0.15) is 17.2 Å². The molecule has 2 N–H and O–H groups in total. The van der Waals surface area contributed by atoms with Gasteiger partial charge >= 0.3 is 6.03 Å². The van der Waals surface area contributed by atoms with Crippen LogP contribution in [-0.2, 0) is 6.54 Å². The summed E-state index contributed by atoms with van der Waals surface area (Å²) in [6.45, 7) is 0.357. The molecular formula is C17H19ClN2O4. The van der Waals surface area contributed by atoms with E-state index in [1.54, 1.807) is 19.2 Å². The lowest BCUT2D eigenvalue weighted by molar-refractivity contribution is 0.251. The van der Waals surface area contributed by atoms with Crippen molar-refractivity contribution in [1.29, 1.82) is 0 Å². The van der Waals surface area contributed by atoms with Crippen molar-refractivity contribution in [1.82, 2.24) is 5.32 Å². The molecule has 0 atom stereocenters. The Morgan fingerprint density at radius 1 is 1.04 bits per heavy atom. The first kappa shape index (κ1) is 17.7. The average Bonchev–Trinajstić information content (AvgIpc) is 2.61. The quantitative estimate of drug-likeness (QED) is 0.833. The highest BCUT2D eigenvalue weighted by molar-refractivity contribution is 6.32. The van der Waals surface area contributed by atoms with Gasteiger partial charge in [0.05, 0.1) is 32.0 Å². The number of amides is 2. The number of carbonyl (C=O) groups excluding carboxylic acids is 1. The third-order valence-corrected chi connectivity index (χ3v) is 3.60. The van der Waals surface area contributed by atoms with Gasteiger partial charge in [0.15, 0.2) is 0 Å². The van der Waals surface area contributed by atoms with E-state index >= 15 is 0 Å². The number of benzene rings is 2. The SMILES string of the molecule is COc1cccc(CNC(=O)Nc2cc(OC)c(Cl)cc2OC)c1. The number of hydrogen-bond acceptors (Lipinski definition) is 4. The molecule has 0 bridgehead atoms. The van der Waals surface area contributed by atoms with E-state index in [1.165, 1.54) is 14.2 Å². The summed E-state index contributed by atoms with van der Waals surface area (Å²) < 4.78 is 15.5. The molecule has 7 heteroatoms. The highest BCUT2D eigenvalue weighted by Crippen LogP contribution is 2.35. The van der Waals surface area contributed by atoms with Gasteiger partial charge in [0, 0.05) is 18.7 Å². The molecule has 0 aliphatic heterocycles. The highest BCUT2D eigenvalue weighted by Gasteiger charge is 2.12. The lowest BCUT2D eigenvalue weighted by Crippen LogP contribution is -2.28. The fourth-order valence-corrected chi connectivity index (χ4v) is 2.32. The summed E-state index contributed by atoms with van der Waals surface area (Å²) in [6.07, 6.45) is 0. The van der Waals surface area contributed by atoms with E-state index in [4.69, 9.17) is 25.8 Å². The summed E-state index contributed by atoms with van der Waals surface area (Å²) in [7, 11) is 4.59.